The third kappa shape index (κ3) is 7.15. The lowest BCUT2D eigenvalue weighted by Crippen LogP contribution is -2.46. The van der Waals surface area contributed by atoms with Crippen molar-refractivity contribution in [2.24, 2.45) is 0 Å². The first-order valence-electron chi connectivity index (χ1n) is 14.3. The van der Waals surface area contributed by atoms with E-state index in [1.165, 1.54) is 37.8 Å². The van der Waals surface area contributed by atoms with Crippen LogP contribution in [0.1, 0.15) is 84.9 Å². The number of likely N-dealkylation sites (tertiary alicyclic amines) is 1. The Hall–Kier alpha value is -3.45. The van der Waals surface area contributed by atoms with Crippen LogP contribution in [0.5, 0.6) is 0 Å². The molecule has 1 atom stereocenters. The molecule has 39 heavy (non-hydrogen) atoms. The van der Waals surface area contributed by atoms with E-state index in [0.29, 0.717) is 12.1 Å². The van der Waals surface area contributed by atoms with Crippen molar-refractivity contribution in [1.82, 2.24) is 15.1 Å². The predicted octanol–water partition coefficient (Wildman–Crippen LogP) is 6.24. The average molecular weight is 532 g/mol. The molecule has 0 radical (unpaired) electrons. The van der Waals surface area contributed by atoms with Gasteiger partial charge in [0.25, 0.3) is 5.91 Å². The van der Waals surface area contributed by atoms with Crippen LogP contribution < -0.4 is 5.32 Å². The Balaban J connectivity index is 1.45. The first-order valence-corrected chi connectivity index (χ1v) is 14.3. The van der Waals surface area contributed by atoms with E-state index in [-0.39, 0.29) is 36.0 Å². The molecule has 2 fully saturated rings. The molecule has 1 unspecified atom stereocenters. The Bertz CT molecular complexity index is 1210. The molecule has 1 aliphatic carbocycles. The number of amides is 2. The van der Waals surface area contributed by atoms with Crippen molar-refractivity contribution in [3.05, 3.63) is 95.2 Å². The van der Waals surface area contributed by atoms with Gasteiger partial charge >= 0.3 is 0 Å². The number of hydrogen-bond acceptors (Lipinski definition) is 4. The Labute approximate surface area is 230 Å². The summed E-state index contributed by atoms with van der Waals surface area (Å²) in [5, 5.41) is 3.20. The van der Waals surface area contributed by atoms with Crippen molar-refractivity contribution in [3.8, 4) is 0 Å². The number of rotatable bonds is 9. The minimum Gasteiger partial charge on any atom is -0.455 e. The van der Waals surface area contributed by atoms with E-state index in [4.69, 9.17) is 4.42 Å². The summed E-state index contributed by atoms with van der Waals surface area (Å²) in [5.41, 5.74) is 1.46. The number of carbonyl (C=O) groups excluding carboxylic acids is 2. The second kappa shape index (κ2) is 13.1. The molecule has 1 aromatic heterocycles. The van der Waals surface area contributed by atoms with Gasteiger partial charge in [0.15, 0.2) is 5.76 Å². The summed E-state index contributed by atoms with van der Waals surface area (Å²) in [6.45, 7) is 2.92. The molecule has 0 bridgehead atoms. The fraction of sp³-hybridized carbons (Fsp3) is 0.438. The maximum atomic E-state index is 14.1. The lowest BCUT2D eigenvalue weighted by Gasteiger charge is -2.33. The molecule has 1 N–H and O–H groups in total. The van der Waals surface area contributed by atoms with Crippen molar-refractivity contribution in [2.45, 2.75) is 76.5 Å². The molecule has 6 nitrogen and oxygen atoms in total. The van der Waals surface area contributed by atoms with E-state index in [1.807, 2.05) is 36.4 Å². The molecule has 1 aliphatic heterocycles. The van der Waals surface area contributed by atoms with Gasteiger partial charge < -0.3 is 14.6 Å². The first kappa shape index (κ1) is 27.1. The van der Waals surface area contributed by atoms with Crippen molar-refractivity contribution >= 4 is 11.8 Å². The second-order valence-electron chi connectivity index (χ2n) is 10.8. The molecule has 7 heteroatoms. The molecule has 2 heterocycles. The molecule has 2 aliphatic rings. The summed E-state index contributed by atoms with van der Waals surface area (Å²) in [5.74, 6) is -0.0605. The van der Waals surface area contributed by atoms with E-state index in [2.05, 4.69) is 10.2 Å². The molecule has 1 saturated heterocycles. The van der Waals surface area contributed by atoms with Gasteiger partial charge in [-0.15, -0.1) is 0 Å². The molecule has 2 amide bonds. The summed E-state index contributed by atoms with van der Waals surface area (Å²) < 4.78 is 20.0. The van der Waals surface area contributed by atoms with E-state index in [0.717, 1.165) is 50.1 Å². The molecule has 5 rings (SSSR count). The number of nitrogens with one attached hydrogen (secondary N) is 1. The number of benzene rings is 2. The number of nitrogens with zero attached hydrogens (tertiary/aromatic N) is 2. The van der Waals surface area contributed by atoms with E-state index in [1.54, 1.807) is 23.1 Å². The average Bonchev–Trinajstić information content (AvgIpc) is 3.43. The van der Waals surface area contributed by atoms with Crippen LogP contribution in [-0.2, 0) is 17.9 Å². The van der Waals surface area contributed by atoms with Gasteiger partial charge in [0.05, 0.1) is 6.54 Å². The van der Waals surface area contributed by atoms with E-state index >= 15 is 0 Å². The van der Waals surface area contributed by atoms with Crippen LogP contribution >= 0.6 is 0 Å². The van der Waals surface area contributed by atoms with Gasteiger partial charge in [-0.1, -0.05) is 68.1 Å². The predicted molar refractivity (Wildman–Crippen MR) is 148 cm³/mol. The third-order valence-electron chi connectivity index (χ3n) is 7.85. The number of furan rings is 1. The Morgan fingerprint density at radius 1 is 0.897 bits per heavy atom. The van der Waals surface area contributed by atoms with Crippen molar-refractivity contribution in [2.75, 3.05) is 13.1 Å². The fourth-order valence-electron chi connectivity index (χ4n) is 5.76. The van der Waals surface area contributed by atoms with Gasteiger partial charge in [-0.2, -0.15) is 0 Å². The lowest BCUT2D eigenvalue weighted by atomic mass is 9.94. The topological polar surface area (TPSA) is 65.8 Å². The van der Waals surface area contributed by atoms with Gasteiger partial charge in [0.1, 0.15) is 17.6 Å². The third-order valence-corrected chi connectivity index (χ3v) is 7.85. The Morgan fingerprint density at radius 2 is 1.59 bits per heavy atom. The summed E-state index contributed by atoms with van der Waals surface area (Å²) in [6.07, 6.45) is 8.76. The highest BCUT2D eigenvalue weighted by Crippen LogP contribution is 2.28. The van der Waals surface area contributed by atoms with Crippen molar-refractivity contribution in [3.63, 3.8) is 0 Å². The van der Waals surface area contributed by atoms with Crippen molar-refractivity contribution in [1.29, 1.82) is 0 Å². The highest BCUT2D eigenvalue weighted by Gasteiger charge is 2.35. The summed E-state index contributed by atoms with van der Waals surface area (Å²) >= 11 is 0. The van der Waals surface area contributed by atoms with Crippen LogP contribution in [0.2, 0.25) is 0 Å². The van der Waals surface area contributed by atoms with E-state index in [9.17, 15) is 14.0 Å². The SMILES string of the molecule is O=C(NC1CCCCC1)C(c1ccc(F)cc1)N(Cc1ccccc1)C(=O)c1ccc(CN2CCCCC2)o1. The fourth-order valence-corrected chi connectivity index (χ4v) is 5.76. The van der Waals surface area contributed by atoms with Crippen LogP contribution in [-0.4, -0.2) is 40.7 Å². The molecule has 206 valence electrons. The zero-order valence-electron chi connectivity index (χ0n) is 22.5. The Morgan fingerprint density at radius 3 is 2.31 bits per heavy atom. The van der Waals surface area contributed by atoms with Gasteiger partial charge in [-0.3, -0.25) is 14.5 Å². The van der Waals surface area contributed by atoms with Crippen LogP contribution in [0.15, 0.2) is 71.1 Å². The highest BCUT2D eigenvalue weighted by molar-refractivity contribution is 5.96. The second-order valence-corrected chi connectivity index (χ2v) is 10.8. The van der Waals surface area contributed by atoms with Crippen LogP contribution in [0, 0.1) is 5.82 Å². The molecule has 2 aromatic carbocycles. The highest BCUT2D eigenvalue weighted by atomic mass is 19.1. The summed E-state index contributed by atoms with van der Waals surface area (Å²) in [7, 11) is 0. The molecule has 0 spiro atoms. The van der Waals surface area contributed by atoms with Gasteiger partial charge in [-0.05, 0) is 74.2 Å². The lowest BCUT2D eigenvalue weighted by molar-refractivity contribution is -0.127. The Kier molecular flexibility index (Phi) is 9.09. The first-order chi connectivity index (χ1) is 19.1. The monoisotopic (exact) mass is 531 g/mol. The molecule has 1 saturated carbocycles. The maximum absolute atomic E-state index is 14.1. The van der Waals surface area contributed by atoms with Gasteiger partial charge in [-0.25, -0.2) is 4.39 Å². The zero-order valence-corrected chi connectivity index (χ0v) is 22.5. The van der Waals surface area contributed by atoms with Crippen LogP contribution in [0.25, 0.3) is 0 Å². The maximum Gasteiger partial charge on any atom is 0.290 e. The summed E-state index contributed by atoms with van der Waals surface area (Å²) in [6, 6.07) is 18.2. The van der Waals surface area contributed by atoms with Crippen molar-refractivity contribution < 1.29 is 18.4 Å². The molecular formula is C32H38FN3O3. The number of piperidine rings is 1. The zero-order chi connectivity index (χ0) is 27.0. The number of carbonyl (C=O) groups is 2. The minimum absolute atomic E-state index is 0.0719. The van der Waals surface area contributed by atoms with E-state index < -0.39 is 6.04 Å². The largest absolute Gasteiger partial charge is 0.455 e. The smallest absolute Gasteiger partial charge is 0.290 e. The molecular weight excluding hydrogens is 493 g/mol. The van der Waals surface area contributed by atoms with Gasteiger partial charge in [0, 0.05) is 12.6 Å². The quantitative estimate of drug-likeness (QED) is 0.355. The van der Waals surface area contributed by atoms with Crippen LogP contribution in [0.3, 0.4) is 0 Å². The molecule has 3 aromatic rings. The standard InChI is InChI=1S/C32H38FN3O3/c33-26-16-14-25(15-17-26)30(31(37)34-27-12-6-2-7-13-27)36(22-24-10-4-1-5-11-24)32(38)29-19-18-28(39-29)23-35-20-8-3-9-21-35/h1,4-5,10-11,14-19,27,30H,2-3,6-9,12-13,20-23H2,(H,34,37). The number of halogens is 1. The summed E-state index contributed by atoms with van der Waals surface area (Å²) in [4.78, 5) is 31.9. The minimum atomic E-state index is -0.934. The van der Waals surface area contributed by atoms with Gasteiger partial charge in [0.2, 0.25) is 5.91 Å². The number of hydrogen-bond donors (Lipinski definition) is 1. The van der Waals surface area contributed by atoms with Crippen LogP contribution in [0.4, 0.5) is 4.39 Å². The normalized spacial score (nSPS) is 17.5.